The number of fused-ring (bicyclic) bond motifs is 1. The zero-order chi connectivity index (χ0) is 11.1. The summed E-state index contributed by atoms with van der Waals surface area (Å²) >= 11 is 1.68. The largest absolute Gasteiger partial charge is 0.373 e. The predicted octanol–water partition coefficient (Wildman–Crippen LogP) is 1.85. The van der Waals surface area contributed by atoms with Gasteiger partial charge in [-0.3, -0.25) is 0 Å². The number of piperidine rings is 1. The van der Waals surface area contributed by atoms with E-state index in [-0.39, 0.29) is 0 Å². The summed E-state index contributed by atoms with van der Waals surface area (Å²) < 4.78 is 5.94. The first kappa shape index (κ1) is 10.5. The van der Waals surface area contributed by atoms with Gasteiger partial charge in [0.15, 0.2) is 0 Å². The summed E-state index contributed by atoms with van der Waals surface area (Å²) in [6.07, 6.45) is 3.31. The van der Waals surface area contributed by atoms with Crippen molar-refractivity contribution in [2.45, 2.75) is 38.9 Å². The van der Waals surface area contributed by atoms with Crippen LogP contribution in [0.15, 0.2) is 0 Å². The summed E-state index contributed by atoms with van der Waals surface area (Å²) in [5, 5.41) is 10.4. The summed E-state index contributed by atoms with van der Waals surface area (Å²) in [5.41, 5.74) is 0. The van der Waals surface area contributed by atoms with Crippen molar-refractivity contribution in [3.63, 3.8) is 0 Å². The van der Waals surface area contributed by atoms with Crippen LogP contribution >= 0.6 is 11.3 Å². The summed E-state index contributed by atoms with van der Waals surface area (Å²) in [7, 11) is 0. The number of nitrogens with zero attached hydrogens (tertiary/aromatic N) is 3. The quantitative estimate of drug-likeness (QED) is 0.749. The maximum absolute atomic E-state index is 5.94. The first-order valence-corrected chi connectivity index (χ1v) is 6.74. The molecule has 2 aliphatic rings. The average Bonchev–Trinajstić information content (AvgIpc) is 2.81. The summed E-state index contributed by atoms with van der Waals surface area (Å²) in [4.78, 5) is 2.32. The van der Waals surface area contributed by atoms with Crippen LogP contribution in [0.4, 0.5) is 5.13 Å². The lowest BCUT2D eigenvalue weighted by Gasteiger charge is -2.33. The highest BCUT2D eigenvalue weighted by Crippen LogP contribution is 2.35. The molecule has 2 fully saturated rings. The van der Waals surface area contributed by atoms with Crippen LogP contribution in [0, 0.1) is 12.8 Å². The molecule has 0 unspecified atom stereocenters. The zero-order valence-electron chi connectivity index (χ0n) is 9.72. The fourth-order valence-electron chi connectivity index (χ4n) is 2.76. The van der Waals surface area contributed by atoms with Crippen LogP contribution in [0.3, 0.4) is 0 Å². The molecule has 0 amide bonds. The number of hydrogen-bond donors (Lipinski definition) is 0. The van der Waals surface area contributed by atoms with Gasteiger partial charge < -0.3 is 9.64 Å². The normalized spacial score (nSPS) is 34.1. The van der Waals surface area contributed by atoms with Gasteiger partial charge in [-0.25, -0.2) is 0 Å². The highest BCUT2D eigenvalue weighted by molar-refractivity contribution is 7.15. The minimum atomic E-state index is 0.410. The lowest BCUT2D eigenvalue weighted by Crippen LogP contribution is -2.42. The third kappa shape index (κ3) is 1.82. The van der Waals surface area contributed by atoms with E-state index in [1.54, 1.807) is 11.3 Å². The molecule has 2 saturated heterocycles. The molecule has 2 aliphatic heterocycles. The maximum Gasteiger partial charge on any atom is 0.208 e. The van der Waals surface area contributed by atoms with Crippen molar-refractivity contribution >= 4 is 16.5 Å². The Balaban J connectivity index is 1.71. The molecule has 0 aliphatic carbocycles. The van der Waals surface area contributed by atoms with Crippen LogP contribution in [-0.4, -0.2) is 35.5 Å². The Hall–Kier alpha value is -0.680. The van der Waals surface area contributed by atoms with Gasteiger partial charge in [-0.2, -0.15) is 0 Å². The Bertz CT molecular complexity index is 381. The van der Waals surface area contributed by atoms with Crippen molar-refractivity contribution in [2.75, 3.05) is 18.0 Å². The van der Waals surface area contributed by atoms with Crippen LogP contribution in [-0.2, 0) is 4.74 Å². The summed E-state index contributed by atoms with van der Waals surface area (Å²) in [5.74, 6) is 0.764. The van der Waals surface area contributed by atoms with Gasteiger partial charge in [0.1, 0.15) is 5.01 Å². The van der Waals surface area contributed by atoms with E-state index in [0.717, 1.165) is 29.1 Å². The van der Waals surface area contributed by atoms with Gasteiger partial charge >= 0.3 is 0 Å². The Morgan fingerprint density at radius 3 is 3.06 bits per heavy atom. The number of ether oxygens (including phenoxy) is 1. The lowest BCUT2D eigenvalue weighted by molar-refractivity contribution is 0.0414. The van der Waals surface area contributed by atoms with Gasteiger partial charge in [0, 0.05) is 13.1 Å². The standard InChI is InChI=1S/C11H17N3OS/c1-7-5-9-3-4-14(6-10(9)15-7)11-13-12-8(2)16-11/h7,9-10H,3-6H2,1-2H3/t7-,9-,10+/m1/s1. The second-order valence-corrected chi connectivity index (χ2v) is 5.98. The van der Waals surface area contributed by atoms with Crippen LogP contribution in [0.1, 0.15) is 24.8 Å². The van der Waals surface area contributed by atoms with E-state index in [9.17, 15) is 0 Å². The molecule has 3 rings (SSSR count). The van der Waals surface area contributed by atoms with Crippen molar-refractivity contribution in [1.82, 2.24) is 10.2 Å². The average molecular weight is 239 g/mol. The van der Waals surface area contributed by atoms with E-state index in [0.29, 0.717) is 12.2 Å². The highest BCUT2D eigenvalue weighted by atomic mass is 32.1. The van der Waals surface area contributed by atoms with Gasteiger partial charge in [-0.15, -0.1) is 10.2 Å². The Morgan fingerprint density at radius 2 is 2.31 bits per heavy atom. The molecule has 3 atom stereocenters. The SMILES string of the molecule is Cc1nnc(N2CC[C@@H]3C[C@@H](C)O[C@H]3C2)s1. The van der Waals surface area contributed by atoms with E-state index in [1.165, 1.54) is 12.8 Å². The lowest BCUT2D eigenvalue weighted by atomic mass is 9.92. The molecule has 5 heteroatoms. The number of hydrogen-bond acceptors (Lipinski definition) is 5. The molecular weight excluding hydrogens is 222 g/mol. The predicted molar refractivity (Wildman–Crippen MR) is 63.9 cm³/mol. The fraction of sp³-hybridized carbons (Fsp3) is 0.818. The molecule has 88 valence electrons. The molecule has 0 bridgehead atoms. The first-order valence-electron chi connectivity index (χ1n) is 5.93. The third-order valence-electron chi connectivity index (χ3n) is 3.52. The van der Waals surface area contributed by atoms with Crippen molar-refractivity contribution in [2.24, 2.45) is 5.92 Å². The number of aryl methyl sites for hydroxylation is 1. The van der Waals surface area contributed by atoms with Crippen LogP contribution < -0.4 is 4.90 Å². The van der Waals surface area contributed by atoms with E-state index in [2.05, 4.69) is 22.0 Å². The molecule has 0 spiro atoms. The number of aromatic nitrogens is 2. The van der Waals surface area contributed by atoms with Crippen molar-refractivity contribution in [3.05, 3.63) is 5.01 Å². The van der Waals surface area contributed by atoms with E-state index < -0.39 is 0 Å². The topological polar surface area (TPSA) is 38.2 Å². The highest BCUT2D eigenvalue weighted by Gasteiger charge is 2.37. The van der Waals surface area contributed by atoms with Crippen LogP contribution in [0.25, 0.3) is 0 Å². The van der Waals surface area contributed by atoms with Gasteiger partial charge in [0.05, 0.1) is 12.2 Å². The smallest absolute Gasteiger partial charge is 0.208 e. The monoisotopic (exact) mass is 239 g/mol. The molecule has 1 aromatic heterocycles. The van der Waals surface area contributed by atoms with Gasteiger partial charge in [-0.05, 0) is 32.6 Å². The fourth-order valence-corrected chi connectivity index (χ4v) is 3.48. The molecule has 3 heterocycles. The van der Waals surface area contributed by atoms with Crippen molar-refractivity contribution < 1.29 is 4.74 Å². The first-order chi connectivity index (χ1) is 7.72. The molecule has 4 nitrogen and oxygen atoms in total. The van der Waals surface area contributed by atoms with Gasteiger partial charge in [0.25, 0.3) is 0 Å². The molecule has 16 heavy (non-hydrogen) atoms. The van der Waals surface area contributed by atoms with E-state index >= 15 is 0 Å². The van der Waals surface area contributed by atoms with Crippen molar-refractivity contribution in [3.8, 4) is 0 Å². The van der Waals surface area contributed by atoms with Crippen molar-refractivity contribution in [1.29, 1.82) is 0 Å². The molecule has 0 N–H and O–H groups in total. The molecule has 0 saturated carbocycles. The third-order valence-corrected chi connectivity index (χ3v) is 4.42. The Morgan fingerprint density at radius 1 is 1.44 bits per heavy atom. The van der Waals surface area contributed by atoms with Crippen LogP contribution in [0.2, 0.25) is 0 Å². The van der Waals surface area contributed by atoms with E-state index in [4.69, 9.17) is 4.74 Å². The Kier molecular flexibility index (Phi) is 2.59. The number of anilines is 1. The molecule has 0 aromatic carbocycles. The van der Waals surface area contributed by atoms with Gasteiger partial charge in [0.2, 0.25) is 5.13 Å². The maximum atomic E-state index is 5.94. The zero-order valence-corrected chi connectivity index (χ0v) is 10.5. The second kappa shape index (κ2) is 3.96. The molecule has 1 aromatic rings. The minimum Gasteiger partial charge on any atom is -0.373 e. The van der Waals surface area contributed by atoms with Crippen LogP contribution in [0.5, 0.6) is 0 Å². The van der Waals surface area contributed by atoms with E-state index in [1.807, 2.05) is 6.92 Å². The van der Waals surface area contributed by atoms with Gasteiger partial charge in [-0.1, -0.05) is 11.3 Å². The molecule has 0 radical (unpaired) electrons. The summed E-state index contributed by atoms with van der Waals surface area (Å²) in [6, 6.07) is 0. The summed E-state index contributed by atoms with van der Waals surface area (Å²) in [6.45, 7) is 6.27. The number of rotatable bonds is 1. The minimum absolute atomic E-state index is 0.410. The second-order valence-electron chi connectivity index (χ2n) is 4.82. The molecular formula is C11H17N3OS. The Labute approximate surface area is 99.6 Å².